The minimum atomic E-state index is -0.847. The summed E-state index contributed by atoms with van der Waals surface area (Å²) in [4.78, 5) is 0. The molecule has 292 valence electrons. The van der Waals surface area contributed by atoms with Gasteiger partial charge >= 0.3 is 44.8 Å². The molecule has 8 aromatic rings. The molecular weight excluding hydrogens is 1120 g/mol. The van der Waals surface area contributed by atoms with Crippen molar-refractivity contribution in [2.24, 2.45) is 0 Å². The average molecular weight is 1160 g/mol. The predicted molar refractivity (Wildman–Crippen MR) is 248 cm³/mol. The van der Waals surface area contributed by atoms with E-state index in [1.807, 2.05) is 24.3 Å². The molecule has 0 fully saturated rings. The van der Waals surface area contributed by atoms with E-state index >= 15 is 0 Å². The Morgan fingerprint density at radius 3 is 0.949 bits per heavy atom. The first kappa shape index (κ1) is 43.8. The summed E-state index contributed by atoms with van der Waals surface area (Å²) in [5.74, 6) is 6.12. The van der Waals surface area contributed by atoms with Crippen LogP contribution in [0.15, 0.2) is 206 Å². The Hall–Kier alpha value is -4.78. The fourth-order valence-corrected chi connectivity index (χ4v) is 15.6. The molecule has 4 heteroatoms. The van der Waals surface area contributed by atoms with Gasteiger partial charge in [0.2, 0.25) is 0 Å². The summed E-state index contributed by atoms with van der Waals surface area (Å²) in [7, 11) is -1.69. The van der Waals surface area contributed by atoms with Crippen molar-refractivity contribution >= 4 is 37.1 Å². The number of hydrogen-bond acceptors (Lipinski definition) is 0. The van der Waals surface area contributed by atoms with Crippen LogP contribution < -0.4 is 21.2 Å². The van der Waals surface area contributed by atoms with Gasteiger partial charge in [-0.25, -0.2) is 0 Å². The first-order valence-corrected chi connectivity index (χ1v) is 22.8. The molecule has 0 saturated carbocycles. The van der Waals surface area contributed by atoms with Crippen LogP contribution in [-0.4, -0.2) is 5.90 Å². The Morgan fingerprint density at radius 1 is 0.339 bits per heavy atom. The van der Waals surface area contributed by atoms with Crippen molar-refractivity contribution in [1.29, 1.82) is 0 Å². The van der Waals surface area contributed by atoms with Crippen molar-refractivity contribution in [3.63, 3.8) is 0 Å². The molecule has 0 saturated heterocycles. The second kappa shape index (κ2) is 21.5. The van der Waals surface area contributed by atoms with Gasteiger partial charge in [0.1, 0.15) is 37.1 Å². The molecule has 8 aromatic carbocycles. The number of fused-ring (bicyclic) bond motifs is 6. The minimum absolute atomic E-state index is 0. The first-order valence-electron chi connectivity index (χ1n) is 19.4. The predicted octanol–water partition coefficient (Wildman–Crippen LogP) is 11.1. The molecule has 59 heavy (non-hydrogen) atoms. The van der Waals surface area contributed by atoms with Gasteiger partial charge in [-0.3, -0.25) is 11.8 Å². The Bertz CT molecular complexity index is 2420. The quantitative estimate of drug-likeness (QED) is 0.0674. The van der Waals surface area contributed by atoms with Crippen LogP contribution >= 0.6 is 15.8 Å². The zero-order valence-corrected chi connectivity index (χ0v) is 38.7. The third kappa shape index (κ3) is 10.5. The summed E-state index contributed by atoms with van der Waals surface area (Å²) in [5.41, 5.74) is 12.3. The molecule has 0 heterocycles. The maximum Gasteiger partial charge on any atom is 1.00 e. The van der Waals surface area contributed by atoms with E-state index in [-0.39, 0.29) is 44.8 Å². The molecule has 0 spiro atoms. The van der Waals surface area contributed by atoms with E-state index in [0.717, 1.165) is 24.0 Å². The van der Waals surface area contributed by atoms with E-state index in [0.29, 0.717) is 0 Å². The Labute approximate surface area is 384 Å². The van der Waals surface area contributed by atoms with Crippen molar-refractivity contribution in [3.05, 3.63) is 252 Å². The minimum Gasteiger partial charge on any atom is -0.366 e. The topological polar surface area (TPSA) is 0 Å². The molecule has 2 aliphatic carbocycles. The summed E-state index contributed by atoms with van der Waals surface area (Å²) >= 11 is 0. The smallest absolute Gasteiger partial charge is 0.366 e. The van der Waals surface area contributed by atoms with E-state index in [9.17, 15) is 0 Å². The molecule has 2 aliphatic rings. The van der Waals surface area contributed by atoms with Crippen molar-refractivity contribution in [2.75, 3.05) is 5.90 Å². The van der Waals surface area contributed by atoms with Crippen LogP contribution in [0.1, 0.15) is 33.4 Å². The molecule has 0 bridgehead atoms. The van der Waals surface area contributed by atoms with Crippen LogP contribution in [0.3, 0.4) is 0 Å². The van der Waals surface area contributed by atoms with E-state index in [1.165, 1.54) is 71.6 Å². The van der Waals surface area contributed by atoms with E-state index in [2.05, 4.69) is 194 Å². The molecule has 0 unspecified atom stereocenters. The van der Waals surface area contributed by atoms with Crippen molar-refractivity contribution in [3.8, 4) is 34.1 Å². The second-order valence-corrected chi connectivity index (χ2v) is 19.9. The Morgan fingerprint density at radius 2 is 0.627 bits per heavy atom. The van der Waals surface area contributed by atoms with Gasteiger partial charge in [0.05, 0.1) is 0 Å². The van der Waals surface area contributed by atoms with Gasteiger partial charge in [0.25, 0.3) is 0 Å². The maximum atomic E-state index is 7.14. The van der Waals surface area contributed by atoms with Gasteiger partial charge in [-0.1, -0.05) is 133 Å². The number of benzene rings is 8. The Kier molecular flexibility index (Phi) is 15.9. The van der Waals surface area contributed by atoms with Gasteiger partial charge in [-0.05, 0) is 106 Å². The average Bonchev–Trinajstić information content (AvgIpc) is 3.86. The maximum absolute atomic E-state index is 7.14. The van der Waals surface area contributed by atoms with E-state index < -0.39 is 15.8 Å². The monoisotopic (exact) mass is 1160 g/mol. The van der Waals surface area contributed by atoms with Crippen LogP contribution in [-0.2, 0) is 57.6 Å². The molecule has 0 nitrogen and oxygen atoms in total. The van der Waals surface area contributed by atoms with Crippen molar-refractivity contribution < 1.29 is 44.8 Å². The van der Waals surface area contributed by atoms with Gasteiger partial charge < -0.3 is 12.8 Å². The largest absolute Gasteiger partial charge is 1.00 e. The van der Waals surface area contributed by atoms with E-state index in [4.69, 9.17) is 12.8 Å². The number of rotatable bonds is 6. The van der Waals surface area contributed by atoms with Gasteiger partial charge in [-0.2, -0.15) is 0 Å². The summed E-state index contributed by atoms with van der Waals surface area (Å²) < 4.78 is 0. The van der Waals surface area contributed by atoms with E-state index in [1.54, 1.807) is 0 Å². The van der Waals surface area contributed by atoms with Crippen LogP contribution in [0.2, 0.25) is 0 Å². The molecule has 0 aromatic heterocycles. The van der Waals surface area contributed by atoms with Crippen molar-refractivity contribution in [2.45, 2.75) is 12.8 Å². The molecule has 0 atom stereocenters. The first-order chi connectivity index (χ1) is 28.2. The molecule has 0 amide bonds. The standard InChI is InChI=1S/C25H22P2.2C15H9.2Au/c1-5-13-22(14-6-1)26(23-15-7-2-8-16-23)21-27(24-17-9-3-10-18-24)25-19-11-4-12-20-25;2*1-2-11-7-8-13-10-12-5-3-4-6-14(12)15(13)9-11;;/h1-20H,21H2;2*3-9H,10H2;;/q;2*-1;2*+1/p+2. The van der Waals surface area contributed by atoms with Crippen LogP contribution in [0.5, 0.6) is 0 Å². The zero-order valence-electron chi connectivity index (χ0n) is 32.4. The third-order valence-corrected chi connectivity index (χ3v) is 17.7. The van der Waals surface area contributed by atoms with Gasteiger partial charge in [-0.15, -0.1) is 35.4 Å². The van der Waals surface area contributed by atoms with Gasteiger partial charge in [0.15, 0.2) is 5.90 Å². The van der Waals surface area contributed by atoms with Crippen LogP contribution in [0.4, 0.5) is 0 Å². The van der Waals surface area contributed by atoms with Crippen LogP contribution in [0.25, 0.3) is 22.3 Å². The Balaban J connectivity index is 0.000000156. The molecular formula is C55H42Au2P2+2. The second-order valence-electron chi connectivity index (χ2n) is 14.3. The summed E-state index contributed by atoms with van der Waals surface area (Å²) in [6.07, 6.45) is 16.3. The normalized spacial score (nSPS) is 11.0. The molecule has 0 radical (unpaired) electrons. The zero-order chi connectivity index (χ0) is 38.8. The van der Waals surface area contributed by atoms with Gasteiger partial charge in [0, 0.05) is 0 Å². The van der Waals surface area contributed by atoms with Crippen LogP contribution in [0, 0.1) is 24.7 Å². The SMILES string of the molecule is [Au+].[Au+].[C-]#Cc1ccc2c(c1)-c1ccccc1C2.[C-]#Cc1ccc2c(c1)-c1ccccc1C2.c1ccc([PH+](C[PH+](c2ccccc2)c2ccccc2)c2ccccc2)cc1. The molecule has 0 N–H and O–H groups in total. The summed E-state index contributed by atoms with van der Waals surface area (Å²) in [5, 5.41) is 6.01. The fourth-order valence-electron chi connectivity index (χ4n) is 7.88. The van der Waals surface area contributed by atoms with Crippen molar-refractivity contribution in [1.82, 2.24) is 0 Å². The molecule has 10 rings (SSSR count). The third-order valence-electron chi connectivity index (χ3n) is 10.7. The summed E-state index contributed by atoms with van der Waals surface area (Å²) in [6.45, 7) is 0. The molecule has 0 aliphatic heterocycles. The number of hydrogen-bond donors (Lipinski definition) is 0. The fraction of sp³-hybridized carbons (Fsp3) is 0.0545. The summed E-state index contributed by atoms with van der Waals surface area (Å²) in [6, 6.07) is 73.6.